The van der Waals surface area contributed by atoms with E-state index in [2.05, 4.69) is 48.0 Å². The molecule has 0 spiro atoms. The molecule has 0 amide bonds. The number of rotatable bonds is 6. The first-order valence-corrected chi connectivity index (χ1v) is 9.41. The third-order valence-corrected chi connectivity index (χ3v) is 5.07. The average Bonchev–Trinajstić information content (AvgIpc) is 3.02. The summed E-state index contributed by atoms with van der Waals surface area (Å²) < 4.78 is 2.02. The number of hydrogen-bond donors (Lipinski definition) is 0. The molecule has 0 radical (unpaired) electrons. The maximum atomic E-state index is 6.33. The Morgan fingerprint density at radius 3 is 2.48 bits per heavy atom. The molecule has 3 rings (SSSR count). The van der Waals surface area contributed by atoms with Gasteiger partial charge in [0.1, 0.15) is 5.82 Å². The number of hydrogen-bond acceptors (Lipinski definition) is 3. The summed E-state index contributed by atoms with van der Waals surface area (Å²) in [6, 6.07) is 4.41. The van der Waals surface area contributed by atoms with E-state index in [0.29, 0.717) is 16.8 Å². The number of aromatic nitrogens is 4. The largest absolute Gasteiger partial charge is 0.240 e. The highest BCUT2D eigenvalue weighted by atomic mass is 35.5. The summed E-state index contributed by atoms with van der Waals surface area (Å²) in [6.45, 7) is 8.53. The van der Waals surface area contributed by atoms with Crippen molar-refractivity contribution in [1.29, 1.82) is 0 Å². The minimum Gasteiger partial charge on any atom is -0.240 e. The van der Waals surface area contributed by atoms with Crippen molar-refractivity contribution in [2.45, 2.75) is 59.3 Å². The van der Waals surface area contributed by atoms with Crippen molar-refractivity contribution in [3.63, 3.8) is 0 Å². The fourth-order valence-corrected chi connectivity index (χ4v) is 3.80. The van der Waals surface area contributed by atoms with E-state index in [0.717, 1.165) is 16.8 Å². The van der Waals surface area contributed by atoms with Crippen LogP contribution in [-0.4, -0.2) is 19.6 Å². The molecule has 0 fully saturated rings. The summed E-state index contributed by atoms with van der Waals surface area (Å²) in [4.78, 5) is 8.67. The molecule has 25 heavy (non-hydrogen) atoms. The van der Waals surface area contributed by atoms with Gasteiger partial charge >= 0.3 is 0 Å². The van der Waals surface area contributed by atoms with Gasteiger partial charge in [-0.1, -0.05) is 44.4 Å². The molecule has 0 saturated carbocycles. The minimum absolute atomic E-state index is 0.553. The van der Waals surface area contributed by atoms with Gasteiger partial charge in [-0.15, -0.1) is 0 Å². The smallest absolute Gasteiger partial charge is 0.126 e. The van der Waals surface area contributed by atoms with E-state index in [1.807, 2.05) is 17.6 Å². The Hall–Kier alpha value is -1.94. The van der Waals surface area contributed by atoms with Crippen molar-refractivity contribution in [1.82, 2.24) is 19.6 Å². The third-order valence-electron chi connectivity index (χ3n) is 4.80. The molecular formula is C20H25ClN4. The monoisotopic (exact) mass is 356 g/mol. The van der Waals surface area contributed by atoms with Crippen molar-refractivity contribution in [3.05, 3.63) is 46.6 Å². The number of nitrogens with zero attached hydrogens (tertiary/aromatic N) is 4. The van der Waals surface area contributed by atoms with E-state index in [4.69, 9.17) is 11.6 Å². The first-order chi connectivity index (χ1) is 12.1. The third kappa shape index (κ3) is 3.40. The zero-order valence-electron chi connectivity index (χ0n) is 15.4. The quantitative estimate of drug-likeness (QED) is 0.565. The standard InChI is InChI=1S/C20H25ClN4/c1-5-7-15(8-6-2)16-9-10-19-17(11-23-25(19)13(16)3)20-18(21)12-22-14(4)24-20/h9-12,15H,5-8H2,1-4H3. The summed E-state index contributed by atoms with van der Waals surface area (Å²) >= 11 is 6.33. The first kappa shape index (κ1) is 17.9. The van der Waals surface area contributed by atoms with Gasteiger partial charge in [0.2, 0.25) is 0 Å². The van der Waals surface area contributed by atoms with Gasteiger partial charge in [0.25, 0.3) is 0 Å². The van der Waals surface area contributed by atoms with Gasteiger partial charge in [0.15, 0.2) is 0 Å². The average molecular weight is 357 g/mol. The zero-order valence-corrected chi connectivity index (χ0v) is 16.1. The Balaban J connectivity index is 2.12. The van der Waals surface area contributed by atoms with Crippen molar-refractivity contribution < 1.29 is 0 Å². The van der Waals surface area contributed by atoms with E-state index in [1.165, 1.54) is 36.9 Å². The molecule has 3 aromatic rings. The number of halogens is 1. The second kappa shape index (κ2) is 7.52. The van der Waals surface area contributed by atoms with Gasteiger partial charge in [-0.3, -0.25) is 0 Å². The van der Waals surface area contributed by atoms with E-state index < -0.39 is 0 Å². The molecular weight excluding hydrogens is 332 g/mol. The minimum atomic E-state index is 0.553. The lowest BCUT2D eigenvalue weighted by molar-refractivity contribution is 0.554. The highest BCUT2D eigenvalue weighted by molar-refractivity contribution is 6.33. The van der Waals surface area contributed by atoms with Crippen LogP contribution in [0.25, 0.3) is 16.8 Å². The topological polar surface area (TPSA) is 43.1 Å². The van der Waals surface area contributed by atoms with Crippen molar-refractivity contribution in [2.75, 3.05) is 0 Å². The maximum Gasteiger partial charge on any atom is 0.126 e. The number of pyridine rings is 1. The lowest BCUT2D eigenvalue weighted by atomic mass is 9.89. The van der Waals surface area contributed by atoms with Gasteiger partial charge < -0.3 is 0 Å². The molecule has 0 aliphatic heterocycles. The molecule has 0 N–H and O–H groups in total. The molecule has 5 heteroatoms. The van der Waals surface area contributed by atoms with Crippen LogP contribution in [0.2, 0.25) is 5.02 Å². The Morgan fingerprint density at radius 1 is 1.08 bits per heavy atom. The van der Waals surface area contributed by atoms with E-state index in [9.17, 15) is 0 Å². The van der Waals surface area contributed by atoms with Crippen LogP contribution in [0.4, 0.5) is 0 Å². The maximum absolute atomic E-state index is 6.33. The van der Waals surface area contributed by atoms with Crippen LogP contribution in [-0.2, 0) is 0 Å². The van der Waals surface area contributed by atoms with Crippen LogP contribution in [0.1, 0.15) is 62.5 Å². The normalized spacial score (nSPS) is 11.6. The van der Waals surface area contributed by atoms with Crippen LogP contribution in [0.15, 0.2) is 24.5 Å². The predicted octanol–water partition coefficient (Wildman–Crippen LogP) is 5.75. The molecule has 4 nitrogen and oxygen atoms in total. The Labute approximate surface area is 154 Å². The fraction of sp³-hybridized carbons (Fsp3) is 0.450. The molecule has 3 aromatic heterocycles. The Kier molecular flexibility index (Phi) is 5.38. The molecule has 0 aliphatic carbocycles. The number of aryl methyl sites for hydroxylation is 2. The molecule has 0 bridgehead atoms. The summed E-state index contributed by atoms with van der Waals surface area (Å²) in [7, 11) is 0. The van der Waals surface area contributed by atoms with E-state index >= 15 is 0 Å². The highest BCUT2D eigenvalue weighted by Gasteiger charge is 2.18. The molecule has 3 heterocycles. The van der Waals surface area contributed by atoms with Crippen LogP contribution < -0.4 is 0 Å². The van der Waals surface area contributed by atoms with Gasteiger partial charge in [-0.2, -0.15) is 5.10 Å². The molecule has 0 aliphatic rings. The van der Waals surface area contributed by atoms with Gasteiger partial charge in [-0.25, -0.2) is 14.5 Å². The Bertz CT molecular complexity index is 879. The summed E-state index contributed by atoms with van der Waals surface area (Å²) in [5, 5.41) is 5.18. The lowest BCUT2D eigenvalue weighted by Crippen LogP contribution is -2.06. The van der Waals surface area contributed by atoms with E-state index in [-0.39, 0.29) is 0 Å². The lowest BCUT2D eigenvalue weighted by Gasteiger charge is -2.19. The summed E-state index contributed by atoms with van der Waals surface area (Å²) in [6.07, 6.45) is 8.33. The van der Waals surface area contributed by atoms with Gasteiger partial charge in [-0.05, 0) is 44.2 Å². The van der Waals surface area contributed by atoms with Gasteiger partial charge in [0.05, 0.1) is 22.4 Å². The van der Waals surface area contributed by atoms with Gasteiger partial charge in [0, 0.05) is 17.5 Å². The summed E-state index contributed by atoms with van der Waals surface area (Å²) in [5.41, 5.74) is 5.34. The molecule has 0 aromatic carbocycles. The van der Waals surface area contributed by atoms with Crippen molar-refractivity contribution in [2.24, 2.45) is 0 Å². The summed E-state index contributed by atoms with van der Waals surface area (Å²) in [5.74, 6) is 1.30. The van der Waals surface area contributed by atoms with Crippen LogP contribution in [0.5, 0.6) is 0 Å². The SMILES string of the molecule is CCCC(CCC)c1ccc2c(-c3nc(C)ncc3Cl)cnn2c1C. The van der Waals surface area contributed by atoms with Crippen LogP contribution >= 0.6 is 11.6 Å². The number of fused-ring (bicyclic) bond motifs is 1. The second-order valence-electron chi connectivity index (χ2n) is 6.62. The molecule has 0 unspecified atom stereocenters. The van der Waals surface area contributed by atoms with Crippen LogP contribution in [0, 0.1) is 13.8 Å². The fourth-order valence-electron chi connectivity index (χ4n) is 3.61. The second-order valence-corrected chi connectivity index (χ2v) is 7.02. The molecule has 0 saturated heterocycles. The zero-order chi connectivity index (χ0) is 18.0. The first-order valence-electron chi connectivity index (χ1n) is 9.03. The highest BCUT2D eigenvalue weighted by Crippen LogP contribution is 2.33. The Morgan fingerprint density at radius 2 is 1.80 bits per heavy atom. The molecule has 132 valence electrons. The van der Waals surface area contributed by atoms with Crippen molar-refractivity contribution in [3.8, 4) is 11.3 Å². The van der Waals surface area contributed by atoms with Crippen molar-refractivity contribution >= 4 is 17.1 Å². The van der Waals surface area contributed by atoms with E-state index in [1.54, 1.807) is 6.20 Å². The predicted molar refractivity (Wildman–Crippen MR) is 103 cm³/mol. The van der Waals surface area contributed by atoms with Crippen LogP contribution in [0.3, 0.4) is 0 Å². The molecule has 0 atom stereocenters.